The quantitative estimate of drug-likeness (QED) is 0.700. The molecule has 2 amide bonds. The molecule has 5 nitrogen and oxygen atoms in total. The van der Waals surface area contributed by atoms with Gasteiger partial charge in [-0.05, 0) is 6.92 Å². The molecule has 0 saturated heterocycles. The van der Waals surface area contributed by atoms with E-state index in [0.29, 0.717) is 0 Å². The Labute approximate surface area is 77.5 Å². The van der Waals surface area contributed by atoms with Crippen LogP contribution in [0.25, 0.3) is 0 Å². The minimum Gasteiger partial charge on any atom is -0.432 e. The lowest BCUT2D eigenvalue weighted by Crippen LogP contribution is -2.24. The Balaban J connectivity index is 0.000000671. The average Bonchev–Trinajstić information content (AvgIpc) is 2.54. The van der Waals surface area contributed by atoms with Crippen LogP contribution in [-0.4, -0.2) is 18.1 Å². The maximum absolute atomic E-state index is 10.7. The van der Waals surface area contributed by atoms with E-state index in [1.807, 2.05) is 13.8 Å². The van der Waals surface area contributed by atoms with Gasteiger partial charge < -0.3 is 9.73 Å². The van der Waals surface area contributed by atoms with Crippen molar-refractivity contribution in [3.8, 4) is 0 Å². The highest BCUT2D eigenvalue weighted by molar-refractivity contribution is 5.86. The smallest absolute Gasteiger partial charge is 0.322 e. The molecule has 0 spiro atoms. The first kappa shape index (κ1) is 11.5. The van der Waals surface area contributed by atoms with Gasteiger partial charge in [0.2, 0.25) is 0 Å². The van der Waals surface area contributed by atoms with Gasteiger partial charge in [-0.15, -0.1) is 0 Å². The molecule has 0 radical (unpaired) electrons. The third-order valence-electron chi connectivity index (χ3n) is 1.07. The number of urea groups is 1. The molecule has 0 saturated carbocycles. The predicted octanol–water partition coefficient (Wildman–Crippen LogP) is 1.76. The number of nitrogens with one attached hydrogen (secondary N) is 2. The summed E-state index contributed by atoms with van der Waals surface area (Å²) in [5.74, 6) is 0. The fraction of sp³-hybridized carbons (Fsp3) is 0.500. The minimum atomic E-state index is -0.341. The molecule has 0 bridgehead atoms. The lowest BCUT2D eigenvalue weighted by atomic mass is 10.6. The van der Waals surface area contributed by atoms with E-state index >= 15 is 0 Å². The molecule has 5 heteroatoms. The largest absolute Gasteiger partial charge is 0.432 e. The molecule has 0 aliphatic heterocycles. The Bertz CT molecular complexity index is 258. The van der Waals surface area contributed by atoms with Crippen molar-refractivity contribution in [2.75, 3.05) is 12.4 Å². The van der Waals surface area contributed by atoms with Crippen molar-refractivity contribution in [2.24, 2.45) is 0 Å². The number of amides is 2. The standard InChI is InChI=1S/C6H9N3O2.C2H6/c1-4-3-11-6(8-4)9-5(10)7-2;1-2/h3H,1-2H3,(H2,7,8,9,10);1-2H3. The zero-order valence-corrected chi connectivity index (χ0v) is 8.34. The van der Waals surface area contributed by atoms with E-state index in [9.17, 15) is 4.79 Å². The van der Waals surface area contributed by atoms with E-state index < -0.39 is 0 Å². The van der Waals surface area contributed by atoms with Gasteiger partial charge in [0.25, 0.3) is 0 Å². The molecular weight excluding hydrogens is 170 g/mol. The molecular formula is C8H15N3O2. The van der Waals surface area contributed by atoms with Crippen LogP contribution < -0.4 is 10.6 Å². The highest BCUT2D eigenvalue weighted by atomic mass is 16.4. The topological polar surface area (TPSA) is 67.2 Å². The summed E-state index contributed by atoms with van der Waals surface area (Å²) in [7, 11) is 1.52. The fourth-order valence-corrected chi connectivity index (χ4v) is 0.571. The predicted molar refractivity (Wildman–Crippen MR) is 50.7 cm³/mol. The summed E-state index contributed by atoms with van der Waals surface area (Å²) in [5.41, 5.74) is 0.733. The summed E-state index contributed by atoms with van der Waals surface area (Å²) >= 11 is 0. The van der Waals surface area contributed by atoms with Crippen LogP contribution in [0, 0.1) is 6.92 Å². The summed E-state index contributed by atoms with van der Waals surface area (Å²) in [4.78, 5) is 14.5. The number of aromatic nitrogens is 1. The van der Waals surface area contributed by atoms with Gasteiger partial charge in [0.05, 0.1) is 5.69 Å². The number of hydrogen-bond acceptors (Lipinski definition) is 3. The molecule has 0 aromatic carbocycles. The minimum absolute atomic E-state index is 0.210. The highest BCUT2D eigenvalue weighted by Crippen LogP contribution is 2.04. The van der Waals surface area contributed by atoms with E-state index in [4.69, 9.17) is 4.42 Å². The first-order valence-electron chi connectivity index (χ1n) is 4.13. The zero-order chi connectivity index (χ0) is 10.3. The van der Waals surface area contributed by atoms with Crippen molar-refractivity contribution < 1.29 is 9.21 Å². The lowest BCUT2D eigenvalue weighted by molar-refractivity contribution is 0.253. The summed E-state index contributed by atoms with van der Waals surface area (Å²) in [5, 5.41) is 4.76. The van der Waals surface area contributed by atoms with Crippen molar-refractivity contribution in [3.63, 3.8) is 0 Å². The summed E-state index contributed by atoms with van der Waals surface area (Å²) in [6.07, 6.45) is 1.46. The second kappa shape index (κ2) is 6.05. The Morgan fingerprint density at radius 2 is 2.15 bits per heavy atom. The van der Waals surface area contributed by atoms with Gasteiger partial charge >= 0.3 is 12.0 Å². The molecule has 0 unspecified atom stereocenters. The molecule has 0 aliphatic rings. The van der Waals surface area contributed by atoms with Gasteiger partial charge in [0.15, 0.2) is 0 Å². The Hall–Kier alpha value is -1.52. The van der Waals surface area contributed by atoms with Crippen molar-refractivity contribution in [3.05, 3.63) is 12.0 Å². The fourth-order valence-electron chi connectivity index (χ4n) is 0.571. The second-order valence-electron chi connectivity index (χ2n) is 2.00. The molecule has 1 rings (SSSR count). The number of rotatable bonds is 1. The number of hydrogen-bond donors (Lipinski definition) is 2. The zero-order valence-electron chi connectivity index (χ0n) is 8.34. The van der Waals surface area contributed by atoms with E-state index in [2.05, 4.69) is 15.6 Å². The van der Waals surface area contributed by atoms with Gasteiger partial charge in [0, 0.05) is 7.05 Å². The Morgan fingerprint density at radius 3 is 2.54 bits per heavy atom. The van der Waals surface area contributed by atoms with Gasteiger partial charge in [-0.1, -0.05) is 13.8 Å². The first-order valence-corrected chi connectivity index (χ1v) is 4.13. The second-order valence-corrected chi connectivity index (χ2v) is 2.00. The molecule has 74 valence electrons. The Morgan fingerprint density at radius 1 is 1.54 bits per heavy atom. The molecule has 1 aromatic heterocycles. The van der Waals surface area contributed by atoms with Crippen LogP contribution in [0.1, 0.15) is 19.5 Å². The van der Waals surface area contributed by atoms with Crippen LogP contribution in [0.15, 0.2) is 10.7 Å². The third kappa shape index (κ3) is 4.15. The van der Waals surface area contributed by atoms with E-state index in [-0.39, 0.29) is 12.0 Å². The van der Waals surface area contributed by atoms with Gasteiger partial charge in [-0.25, -0.2) is 4.79 Å². The van der Waals surface area contributed by atoms with E-state index in [1.165, 1.54) is 13.3 Å². The molecule has 0 fully saturated rings. The number of anilines is 1. The van der Waals surface area contributed by atoms with Crippen molar-refractivity contribution in [1.82, 2.24) is 10.3 Å². The number of aryl methyl sites for hydroxylation is 1. The van der Waals surface area contributed by atoms with E-state index in [1.54, 1.807) is 6.92 Å². The number of carbonyl (C=O) groups is 1. The summed E-state index contributed by atoms with van der Waals surface area (Å²) < 4.78 is 4.85. The monoisotopic (exact) mass is 185 g/mol. The van der Waals surface area contributed by atoms with Crippen LogP contribution in [0.5, 0.6) is 0 Å². The van der Waals surface area contributed by atoms with Crippen molar-refractivity contribution in [1.29, 1.82) is 0 Å². The molecule has 13 heavy (non-hydrogen) atoms. The lowest BCUT2D eigenvalue weighted by Gasteiger charge is -1.96. The van der Waals surface area contributed by atoms with Crippen LogP contribution in [0.4, 0.5) is 10.8 Å². The first-order chi connectivity index (χ1) is 6.22. The summed E-state index contributed by atoms with van der Waals surface area (Å²) in [6.45, 7) is 5.78. The van der Waals surface area contributed by atoms with Crippen LogP contribution >= 0.6 is 0 Å². The van der Waals surface area contributed by atoms with Gasteiger partial charge in [0.1, 0.15) is 6.26 Å². The van der Waals surface area contributed by atoms with Gasteiger partial charge in [-0.3, -0.25) is 5.32 Å². The van der Waals surface area contributed by atoms with Crippen LogP contribution in [0.2, 0.25) is 0 Å². The number of oxazole rings is 1. The Kier molecular flexibility index (Phi) is 5.34. The average molecular weight is 185 g/mol. The van der Waals surface area contributed by atoms with Crippen LogP contribution in [-0.2, 0) is 0 Å². The van der Waals surface area contributed by atoms with Crippen molar-refractivity contribution >= 4 is 12.0 Å². The third-order valence-corrected chi connectivity index (χ3v) is 1.07. The molecule has 1 heterocycles. The number of carbonyl (C=O) groups excluding carboxylic acids is 1. The van der Waals surface area contributed by atoms with Crippen LogP contribution in [0.3, 0.4) is 0 Å². The maximum atomic E-state index is 10.7. The molecule has 0 atom stereocenters. The molecule has 0 aliphatic carbocycles. The molecule has 1 aromatic rings. The normalized spacial score (nSPS) is 8.31. The van der Waals surface area contributed by atoms with Crippen molar-refractivity contribution in [2.45, 2.75) is 20.8 Å². The SMILES string of the molecule is CC.CNC(=O)Nc1nc(C)co1. The van der Waals surface area contributed by atoms with E-state index in [0.717, 1.165) is 5.69 Å². The number of nitrogens with zero attached hydrogens (tertiary/aromatic N) is 1. The maximum Gasteiger partial charge on any atom is 0.322 e. The van der Waals surface area contributed by atoms with Gasteiger partial charge in [-0.2, -0.15) is 4.98 Å². The summed E-state index contributed by atoms with van der Waals surface area (Å²) in [6, 6.07) is -0.131. The molecule has 2 N–H and O–H groups in total. The highest BCUT2D eigenvalue weighted by Gasteiger charge is 2.02.